The first-order valence-corrected chi connectivity index (χ1v) is 30.2. The van der Waals surface area contributed by atoms with Gasteiger partial charge < -0.3 is 19.8 Å². The molecule has 3 N–H and O–H groups in total. The number of carbonyl (C=O) groups is 1. The maximum absolute atomic E-state index is 13.0. The molecule has 0 aliphatic rings. The Kier molecular flexibility index (Phi) is 48.2. The minimum Gasteiger partial charge on any atom is -0.387 e. The number of rotatable bonds is 53. The third-order valence-electron chi connectivity index (χ3n) is 13.2. The predicted molar refractivity (Wildman–Crippen MR) is 286 cm³/mol. The maximum atomic E-state index is 13.0. The van der Waals surface area contributed by atoms with E-state index in [1.807, 2.05) is 27.2 Å². The molecule has 3 unspecified atom stereocenters. The summed E-state index contributed by atoms with van der Waals surface area (Å²) >= 11 is 0. The molecule has 392 valence electrons. The van der Waals surface area contributed by atoms with Crippen LogP contribution in [0.3, 0.4) is 0 Å². The van der Waals surface area contributed by atoms with Gasteiger partial charge in [-0.05, 0) is 44.9 Å². The fraction of sp³-hybridized carbons (Fsp3) is 0.912. The normalized spacial score (nSPS) is 14.1. The fourth-order valence-electron chi connectivity index (χ4n) is 8.63. The molecule has 0 spiro atoms. The van der Waals surface area contributed by atoms with Gasteiger partial charge in [0.15, 0.2) is 0 Å². The number of hydrogen-bond acceptors (Lipinski definition) is 5. The van der Waals surface area contributed by atoms with Gasteiger partial charge in [-0.1, -0.05) is 256 Å². The molecule has 0 saturated carbocycles. The highest BCUT2D eigenvalue weighted by Gasteiger charge is 2.27. The number of aliphatic hydroxyl groups is 1. The van der Waals surface area contributed by atoms with Crippen LogP contribution in [0.2, 0.25) is 0 Å². The number of amides is 1. The van der Waals surface area contributed by atoms with E-state index in [1.54, 1.807) is 6.08 Å². The van der Waals surface area contributed by atoms with E-state index in [9.17, 15) is 19.4 Å². The molecular weight excluding hydrogens is 840 g/mol. The molecular formula is C57H114N2O6P+. The Hall–Kier alpha value is -1.02. The van der Waals surface area contributed by atoms with Crippen LogP contribution >= 0.6 is 7.82 Å². The lowest BCUT2D eigenvalue weighted by Gasteiger charge is -2.25. The number of phosphoric acid groups is 1. The first kappa shape index (κ1) is 65.0. The average molecular weight is 955 g/mol. The van der Waals surface area contributed by atoms with Gasteiger partial charge in [-0.3, -0.25) is 13.8 Å². The molecule has 0 radical (unpaired) electrons. The zero-order valence-electron chi connectivity index (χ0n) is 44.7. The molecule has 0 saturated heterocycles. The molecule has 0 aromatic rings. The van der Waals surface area contributed by atoms with E-state index >= 15 is 0 Å². The van der Waals surface area contributed by atoms with Crippen molar-refractivity contribution in [2.24, 2.45) is 0 Å². The molecule has 0 aliphatic heterocycles. The molecule has 3 atom stereocenters. The standard InChI is InChI=1S/C57H113N2O6P/c1-6-8-10-12-14-16-18-20-22-24-26-28-29-31-32-34-36-38-40-42-44-46-48-50-56(60)55(54-65-66(62,63)64-53-52-59(3,4)5)58-57(61)51-49-47-45-43-41-39-37-35-33-30-27-25-23-21-19-17-15-13-11-9-7-2/h30,33,48,50,55-56,60H,6-29,31-32,34-47,49,51-54H2,1-5H3,(H-,58,61,62,63)/p+1/b33-30-,50-48+. The van der Waals surface area contributed by atoms with Crippen LogP contribution < -0.4 is 5.32 Å². The zero-order chi connectivity index (χ0) is 48.5. The molecule has 0 aromatic carbocycles. The quantitative estimate of drug-likeness (QED) is 0.0243. The zero-order valence-corrected chi connectivity index (χ0v) is 45.6. The third-order valence-corrected chi connectivity index (χ3v) is 14.1. The van der Waals surface area contributed by atoms with Crippen LogP contribution in [0.1, 0.15) is 284 Å². The topological polar surface area (TPSA) is 105 Å². The van der Waals surface area contributed by atoms with Crippen LogP contribution in [0.15, 0.2) is 24.3 Å². The molecule has 0 aliphatic carbocycles. The lowest BCUT2D eigenvalue weighted by Crippen LogP contribution is -2.45. The fourth-order valence-corrected chi connectivity index (χ4v) is 9.36. The lowest BCUT2D eigenvalue weighted by molar-refractivity contribution is -0.870. The van der Waals surface area contributed by atoms with Crippen molar-refractivity contribution in [3.05, 3.63) is 24.3 Å². The van der Waals surface area contributed by atoms with Gasteiger partial charge in [0.1, 0.15) is 13.2 Å². The molecule has 9 heteroatoms. The van der Waals surface area contributed by atoms with E-state index in [0.29, 0.717) is 17.4 Å². The van der Waals surface area contributed by atoms with Gasteiger partial charge in [0.2, 0.25) is 5.91 Å². The second-order valence-electron chi connectivity index (χ2n) is 21.0. The van der Waals surface area contributed by atoms with Crippen LogP contribution in [-0.4, -0.2) is 73.4 Å². The van der Waals surface area contributed by atoms with Crippen molar-refractivity contribution in [3.63, 3.8) is 0 Å². The Morgan fingerprint density at radius 1 is 0.500 bits per heavy atom. The van der Waals surface area contributed by atoms with Gasteiger partial charge in [-0.15, -0.1) is 0 Å². The summed E-state index contributed by atoms with van der Waals surface area (Å²) in [6.07, 6.45) is 61.3. The van der Waals surface area contributed by atoms with Crippen molar-refractivity contribution in [1.82, 2.24) is 5.32 Å². The van der Waals surface area contributed by atoms with Crippen molar-refractivity contribution >= 4 is 13.7 Å². The second-order valence-corrected chi connectivity index (χ2v) is 22.5. The second kappa shape index (κ2) is 49.0. The molecule has 0 rings (SSSR count). The summed E-state index contributed by atoms with van der Waals surface area (Å²) in [5.74, 6) is -0.177. The van der Waals surface area contributed by atoms with E-state index in [1.165, 1.54) is 225 Å². The first-order chi connectivity index (χ1) is 32.0. The van der Waals surface area contributed by atoms with Crippen LogP contribution in [0.5, 0.6) is 0 Å². The van der Waals surface area contributed by atoms with Crippen molar-refractivity contribution < 1.29 is 32.9 Å². The number of likely N-dealkylation sites (N-methyl/N-ethyl adjacent to an activating group) is 1. The summed E-state index contributed by atoms with van der Waals surface area (Å²) in [5.41, 5.74) is 0. The largest absolute Gasteiger partial charge is 0.472 e. The summed E-state index contributed by atoms with van der Waals surface area (Å²) in [6, 6.07) is -0.847. The number of quaternary nitrogens is 1. The molecule has 0 fully saturated rings. The van der Waals surface area contributed by atoms with Gasteiger partial charge in [0, 0.05) is 6.42 Å². The highest BCUT2D eigenvalue weighted by molar-refractivity contribution is 7.47. The number of phosphoric ester groups is 1. The Morgan fingerprint density at radius 3 is 1.17 bits per heavy atom. The van der Waals surface area contributed by atoms with Crippen LogP contribution in [0, 0.1) is 0 Å². The van der Waals surface area contributed by atoms with E-state index in [2.05, 4.69) is 31.3 Å². The number of aliphatic hydroxyl groups excluding tert-OH is 1. The molecule has 0 heterocycles. The van der Waals surface area contributed by atoms with Gasteiger partial charge >= 0.3 is 7.82 Å². The van der Waals surface area contributed by atoms with Gasteiger partial charge in [-0.25, -0.2) is 4.57 Å². The predicted octanol–water partition coefficient (Wildman–Crippen LogP) is 17.2. The van der Waals surface area contributed by atoms with Crippen LogP contribution in [0.25, 0.3) is 0 Å². The summed E-state index contributed by atoms with van der Waals surface area (Å²) in [7, 11) is 1.58. The number of nitrogens with one attached hydrogen (secondary N) is 1. The smallest absolute Gasteiger partial charge is 0.387 e. The van der Waals surface area contributed by atoms with E-state index < -0.39 is 20.0 Å². The van der Waals surface area contributed by atoms with Crippen molar-refractivity contribution in [1.29, 1.82) is 0 Å². The summed E-state index contributed by atoms with van der Waals surface area (Å²) in [6.45, 7) is 4.85. The summed E-state index contributed by atoms with van der Waals surface area (Å²) < 4.78 is 23.7. The number of nitrogens with zero attached hydrogens (tertiary/aromatic N) is 1. The molecule has 66 heavy (non-hydrogen) atoms. The van der Waals surface area contributed by atoms with E-state index in [-0.39, 0.29) is 19.1 Å². The van der Waals surface area contributed by atoms with E-state index in [4.69, 9.17) is 9.05 Å². The molecule has 1 amide bonds. The summed E-state index contributed by atoms with van der Waals surface area (Å²) in [5, 5.41) is 13.9. The Bertz CT molecular complexity index is 1130. The third kappa shape index (κ3) is 50.8. The van der Waals surface area contributed by atoms with E-state index in [0.717, 1.165) is 38.5 Å². The van der Waals surface area contributed by atoms with Crippen LogP contribution in [0.4, 0.5) is 0 Å². The first-order valence-electron chi connectivity index (χ1n) is 28.7. The molecule has 8 nitrogen and oxygen atoms in total. The van der Waals surface area contributed by atoms with Gasteiger partial charge in [0.05, 0.1) is 39.9 Å². The van der Waals surface area contributed by atoms with Crippen LogP contribution in [-0.2, 0) is 18.4 Å². The van der Waals surface area contributed by atoms with Gasteiger partial charge in [-0.2, -0.15) is 0 Å². The Morgan fingerprint density at radius 2 is 0.818 bits per heavy atom. The maximum Gasteiger partial charge on any atom is 0.472 e. The number of hydrogen-bond donors (Lipinski definition) is 3. The Balaban J connectivity index is 4.22. The SMILES string of the molecule is CCCCCCCCCCCC/C=C\CCCCCCCCCC(=O)NC(COP(=O)(O)OCC[N+](C)(C)C)C(O)/C=C/CCCCCCCCCCCCCCCCCCCCCCC. The minimum atomic E-state index is -4.35. The van der Waals surface area contributed by atoms with Crippen molar-refractivity contribution in [2.45, 2.75) is 296 Å². The highest BCUT2D eigenvalue weighted by Crippen LogP contribution is 2.43. The monoisotopic (exact) mass is 954 g/mol. The minimum absolute atomic E-state index is 0.0623. The number of carbonyl (C=O) groups excluding carboxylic acids is 1. The molecule has 0 bridgehead atoms. The van der Waals surface area contributed by atoms with Gasteiger partial charge in [0.25, 0.3) is 0 Å². The average Bonchev–Trinajstić information content (AvgIpc) is 3.28. The number of unbranched alkanes of at least 4 members (excludes halogenated alkanes) is 38. The molecule has 0 aromatic heterocycles. The Labute approximate surface area is 411 Å². The number of allylic oxidation sites excluding steroid dienone is 3. The highest BCUT2D eigenvalue weighted by atomic mass is 31.2. The van der Waals surface area contributed by atoms with Crippen molar-refractivity contribution in [2.75, 3.05) is 40.9 Å². The summed E-state index contributed by atoms with van der Waals surface area (Å²) in [4.78, 5) is 23.3. The van der Waals surface area contributed by atoms with Crippen molar-refractivity contribution in [3.8, 4) is 0 Å². The lowest BCUT2D eigenvalue weighted by atomic mass is 10.0.